The third kappa shape index (κ3) is 2.35. The van der Waals surface area contributed by atoms with Gasteiger partial charge in [-0.2, -0.15) is 0 Å². The van der Waals surface area contributed by atoms with Gasteiger partial charge in [0.2, 0.25) is 0 Å². The van der Waals surface area contributed by atoms with E-state index in [1.54, 1.807) is 19.1 Å². The van der Waals surface area contributed by atoms with E-state index in [1.807, 2.05) is 0 Å². The fraction of sp³-hybridized carbons (Fsp3) is 0.143. The second kappa shape index (κ2) is 5.48. The number of amides is 2. The van der Waals surface area contributed by atoms with Gasteiger partial charge in [0.1, 0.15) is 0 Å². The van der Waals surface area contributed by atoms with E-state index in [-0.39, 0.29) is 17.7 Å². The molecule has 0 saturated heterocycles. The summed E-state index contributed by atoms with van der Waals surface area (Å²) in [5, 5.41) is 0. The first-order valence-corrected chi connectivity index (χ1v) is 5.92. The van der Waals surface area contributed by atoms with Crippen molar-refractivity contribution in [1.82, 2.24) is 4.90 Å². The van der Waals surface area contributed by atoms with E-state index in [4.69, 9.17) is 0 Å². The molecule has 2 rings (SSSR count). The summed E-state index contributed by atoms with van der Waals surface area (Å²) in [6.07, 6.45) is 1.84. The second-order valence-electron chi connectivity index (χ2n) is 3.93. The summed E-state index contributed by atoms with van der Waals surface area (Å²) in [5.41, 5.74) is 0.538. The number of ketones is 1. The van der Waals surface area contributed by atoms with Crippen molar-refractivity contribution < 1.29 is 23.9 Å². The summed E-state index contributed by atoms with van der Waals surface area (Å²) < 4.78 is 4.51. The van der Waals surface area contributed by atoms with E-state index in [9.17, 15) is 19.2 Å². The van der Waals surface area contributed by atoms with Crippen molar-refractivity contribution in [1.29, 1.82) is 0 Å². The largest absolute Gasteiger partial charge is 0.460 e. The summed E-state index contributed by atoms with van der Waals surface area (Å²) in [6.45, 7) is 1.64. The lowest BCUT2D eigenvalue weighted by atomic mass is 10.1. The van der Waals surface area contributed by atoms with Crippen LogP contribution < -0.4 is 0 Å². The van der Waals surface area contributed by atoms with E-state index < -0.39 is 23.6 Å². The molecule has 0 spiro atoms. The molecule has 0 aliphatic carbocycles. The lowest BCUT2D eigenvalue weighted by molar-refractivity contribution is -0.151. The van der Waals surface area contributed by atoms with Crippen molar-refractivity contribution in [2.24, 2.45) is 0 Å². The van der Waals surface area contributed by atoms with Crippen molar-refractivity contribution in [3.05, 3.63) is 47.7 Å². The number of imide groups is 1. The number of esters is 1. The SMILES string of the molecule is CCOC(=O)C(=O)/C=C/N1C(=O)c2ccccc2C1=O. The van der Waals surface area contributed by atoms with E-state index in [1.165, 1.54) is 12.1 Å². The Balaban J connectivity index is 2.17. The van der Waals surface area contributed by atoms with Gasteiger partial charge in [-0.3, -0.25) is 14.4 Å². The van der Waals surface area contributed by atoms with E-state index in [0.29, 0.717) is 0 Å². The van der Waals surface area contributed by atoms with Crippen LogP contribution in [0.2, 0.25) is 0 Å². The molecule has 1 heterocycles. The number of hydrogen-bond donors (Lipinski definition) is 0. The highest BCUT2D eigenvalue weighted by atomic mass is 16.5. The van der Waals surface area contributed by atoms with Crippen molar-refractivity contribution in [2.45, 2.75) is 6.92 Å². The fourth-order valence-corrected chi connectivity index (χ4v) is 1.76. The van der Waals surface area contributed by atoms with Crippen molar-refractivity contribution in [3.63, 3.8) is 0 Å². The van der Waals surface area contributed by atoms with Crippen LogP contribution in [0, 0.1) is 0 Å². The molecular formula is C14H11NO5. The number of carbonyl (C=O) groups is 4. The van der Waals surface area contributed by atoms with Gasteiger partial charge in [-0.1, -0.05) is 12.1 Å². The zero-order valence-electron chi connectivity index (χ0n) is 10.7. The highest BCUT2D eigenvalue weighted by Gasteiger charge is 2.33. The number of ether oxygens (including phenoxy) is 1. The zero-order valence-corrected chi connectivity index (χ0v) is 10.7. The molecule has 0 atom stereocenters. The van der Waals surface area contributed by atoms with E-state index >= 15 is 0 Å². The standard InChI is InChI=1S/C14H11NO5/c1-2-20-14(19)11(16)7-8-15-12(17)9-5-3-4-6-10(9)13(15)18/h3-8H,2H2,1H3/b8-7+. The third-order valence-corrected chi connectivity index (χ3v) is 2.68. The molecule has 1 aliphatic rings. The van der Waals surface area contributed by atoms with Crippen molar-refractivity contribution in [2.75, 3.05) is 6.61 Å². The predicted molar refractivity (Wildman–Crippen MR) is 67.7 cm³/mol. The summed E-state index contributed by atoms with van der Waals surface area (Å²) in [6, 6.07) is 6.33. The van der Waals surface area contributed by atoms with Crippen LogP contribution in [0.25, 0.3) is 0 Å². The maximum atomic E-state index is 11.9. The average Bonchev–Trinajstić information content (AvgIpc) is 2.69. The lowest BCUT2D eigenvalue weighted by Crippen LogP contribution is -2.24. The third-order valence-electron chi connectivity index (χ3n) is 2.68. The second-order valence-corrected chi connectivity index (χ2v) is 3.93. The molecule has 6 heteroatoms. The van der Waals surface area contributed by atoms with Gasteiger partial charge >= 0.3 is 5.97 Å². The minimum absolute atomic E-state index is 0.0748. The van der Waals surface area contributed by atoms with Crippen LogP contribution in [-0.4, -0.2) is 35.1 Å². The summed E-state index contributed by atoms with van der Waals surface area (Å²) >= 11 is 0. The van der Waals surface area contributed by atoms with Crippen LogP contribution in [0.4, 0.5) is 0 Å². The highest BCUT2D eigenvalue weighted by Crippen LogP contribution is 2.22. The van der Waals surface area contributed by atoms with Crippen LogP contribution in [0.15, 0.2) is 36.5 Å². The molecule has 0 N–H and O–H groups in total. The van der Waals surface area contributed by atoms with Gasteiger partial charge < -0.3 is 4.74 Å². The topological polar surface area (TPSA) is 80.8 Å². The molecule has 0 radical (unpaired) electrons. The molecule has 1 aliphatic heterocycles. The normalized spacial score (nSPS) is 13.8. The molecule has 0 saturated carbocycles. The molecule has 102 valence electrons. The number of fused-ring (bicyclic) bond motifs is 1. The van der Waals surface area contributed by atoms with Gasteiger partial charge in [0.05, 0.1) is 17.7 Å². The van der Waals surface area contributed by atoms with Gasteiger partial charge in [-0.05, 0) is 19.1 Å². The molecule has 2 amide bonds. The van der Waals surface area contributed by atoms with Gasteiger partial charge in [-0.25, -0.2) is 9.69 Å². The van der Waals surface area contributed by atoms with Gasteiger partial charge in [0.15, 0.2) is 0 Å². The Morgan fingerprint density at radius 3 is 2.20 bits per heavy atom. The van der Waals surface area contributed by atoms with Crippen LogP contribution in [0.5, 0.6) is 0 Å². The average molecular weight is 273 g/mol. The quantitative estimate of drug-likeness (QED) is 0.353. The highest BCUT2D eigenvalue weighted by molar-refractivity contribution is 6.38. The lowest BCUT2D eigenvalue weighted by Gasteiger charge is -2.06. The maximum Gasteiger partial charge on any atom is 0.379 e. The number of hydrogen-bond acceptors (Lipinski definition) is 5. The van der Waals surface area contributed by atoms with Crippen LogP contribution in [0.3, 0.4) is 0 Å². The van der Waals surface area contributed by atoms with Crippen LogP contribution >= 0.6 is 0 Å². The number of rotatable bonds is 4. The Labute approximate surface area is 114 Å². The van der Waals surface area contributed by atoms with E-state index in [2.05, 4.69) is 4.74 Å². The Bertz CT molecular complexity index is 597. The number of nitrogens with zero attached hydrogens (tertiary/aromatic N) is 1. The van der Waals surface area contributed by atoms with Crippen molar-refractivity contribution in [3.8, 4) is 0 Å². The Hall–Kier alpha value is -2.76. The molecule has 0 aromatic heterocycles. The Kier molecular flexibility index (Phi) is 3.74. The summed E-state index contributed by atoms with van der Waals surface area (Å²) in [7, 11) is 0. The Morgan fingerprint density at radius 1 is 1.15 bits per heavy atom. The number of carbonyl (C=O) groups excluding carboxylic acids is 4. The molecule has 20 heavy (non-hydrogen) atoms. The molecule has 1 aromatic carbocycles. The van der Waals surface area contributed by atoms with Crippen LogP contribution in [0.1, 0.15) is 27.6 Å². The van der Waals surface area contributed by atoms with Gasteiger partial charge in [-0.15, -0.1) is 0 Å². The smallest absolute Gasteiger partial charge is 0.379 e. The van der Waals surface area contributed by atoms with Gasteiger partial charge in [0.25, 0.3) is 17.6 Å². The maximum absolute atomic E-state index is 11.9. The monoisotopic (exact) mass is 273 g/mol. The first-order chi connectivity index (χ1) is 9.56. The molecule has 0 fully saturated rings. The fourth-order valence-electron chi connectivity index (χ4n) is 1.76. The minimum Gasteiger partial charge on any atom is -0.460 e. The molecular weight excluding hydrogens is 262 g/mol. The zero-order chi connectivity index (χ0) is 14.7. The van der Waals surface area contributed by atoms with E-state index in [0.717, 1.165) is 17.2 Å². The van der Waals surface area contributed by atoms with Crippen LogP contribution in [-0.2, 0) is 14.3 Å². The summed E-state index contributed by atoms with van der Waals surface area (Å²) in [5.74, 6) is -3.01. The molecule has 1 aromatic rings. The predicted octanol–water partition coefficient (Wildman–Crippen LogP) is 0.929. The first kappa shape index (κ1) is 13.7. The first-order valence-electron chi connectivity index (χ1n) is 5.92. The minimum atomic E-state index is -1.03. The molecule has 0 unspecified atom stereocenters. The van der Waals surface area contributed by atoms with Gasteiger partial charge in [0, 0.05) is 12.3 Å². The number of benzene rings is 1. The molecule has 6 nitrogen and oxygen atoms in total. The summed E-state index contributed by atoms with van der Waals surface area (Å²) in [4.78, 5) is 47.2. The molecule has 0 bridgehead atoms. The van der Waals surface area contributed by atoms with Crippen molar-refractivity contribution >= 4 is 23.6 Å². The Morgan fingerprint density at radius 2 is 1.70 bits per heavy atom.